The smallest absolute Gasteiger partial charge is 0.262 e. The summed E-state index contributed by atoms with van der Waals surface area (Å²) < 4.78 is 1.76. The minimum absolute atomic E-state index is 0.0119. The van der Waals surface area contributed by atoms with E-state index in [1.54, 1.807) is 12.1 Å². The summed E-state index contributed by atoms with van der Waals surface area (Å²) in [5.41, 5.74) is 0.521. The second-order valence-corrected chi connectivity index (χ2v) is 7.32. The summed E-state index contributed by atoms with van der Waals surface area (Å²) in [7, 11) is 0. The van der Waals surface area contributed by atoms with E-state index in [0.29, 0.717) is 15.7 Å². The normalized spacial score (nSPS) is 20.7. The molecule has 2 atom stereocenters. The highest BCUT2D eigenvalue weighted by molar-refractivity contribution is 7.71. The van der Waals surface area contributed by atoms with Crippen LogP contribution >= 0.6 is 12.2 Å². The Kier molecular flexibility index (Phi) is 6.21. The van der Waals surface area contributed by atoms with Crippen LogP contribution in [0.15, 0.2) is 29.1 Å². The maximum atomic E-state index is 12.6. The minimum atomic E-state index is -0.181. The molecule has 1 amide bonds. The Morgan fingerprint density at radius 2 is 2.04 bits per heavy atom. The molecular weight excluding hydrogens is 350 g/mol. The zero-order valence-corrected chi connectivity index (χ0v) is 15.6. The number of carbonyl (C=O) groups is 1. The number of benzene rings is 1. The van der Waals surface area contributed by atoms with E-state index in [4.69, 9.17) is 12.2 Å². The summed E-state index contributed by atoms with van der Waals surface area (Å²) >= 11 is 5.28. The van der Waals surface area contributed by atoms with Gasteiger partial charge in [0, 0.05) is 31.5 Å². The number of amides is 1. The highest BCUT2D eigenvalue weighted by Gasteiger charge is 2.24. The lowest BCUT2D eigenvalue weighted by Crippen LogP contribution is -2.41. The van der Waals surface area contributed by atoms with E-state index in [0.717, 1.165) is 32.1 Å². The molecule has 3 N–H and O–H groups in total. The largest absolute Gasteiger partial charge is 0.396 e. The molecule has 1 aliphatic rings. The number of aliphatic hydroxyl groups is 1. The zero-order valence-electron chi connectivity index (χ0n) is 14.7. The van der Waals surface area contributed by atoms with Crippen LogP contribution in [-0.2, 0) is 11.3 Å². The first-order valence-corrected chi connectivity index (χ1v) is 9.63. The Labute approximate surface area is 157 Å². The Bertz CT molecular complexity index is 889. The summed E-state index contributed by atoms with van der Waals surface area (Å²) in [4.78, 5) is 28.0. The summed E-state index contributed by atoms with van der Waals surface area (Å²) in [6.07, 6.45) is 5.33. The molecule has 1 heterocycles. The van der Waals surface area contributed by atoms with E-state index < -0.39 is 0 Å². The fraction of sp³-hybridized carbons (Fsp3) is 0.526. The van der Waals surface area contributed by atoms with Crippen LogP contribution in [0.3, 0.4) is 0 Å². The number of hydrogen-bond acceptors (Lipinski definition) is 4. The van der Waals surface area contributed by atoms with Gasteiger partial charge in [0.1, 0.15) is 0 Å². The lowest BCUT2D eigenvalue weighted by atomic mass is 9.95. The van der Waals surface area contributed by atoms with Gasteiger partial charge >= 0.3 is 0 Å². The molecular formula is C19H25N3O3S. The molecule has 0 bridgehead atoms. The Hall–Kier alpha value is -1.99. The first-order chi connectivity index (χ1) is 12.6. The molecule has 1 aromatic heterocycles. The van der Waals surface area contributed by atoms with E-state index in [9.17, 15) is 14.7 Å². The number of H-pyrrole nitrogens is 1. The fourth-order valence-corrected chi connectivity index (χ4v) is 3.97. The van der Waals surface area contributed by atoms with Crippen LogP contribution in [0.2, 0.25) is 0 Å². The topological polar surface area (TPSA) is 87.1 Å². The van der Waals surface area contributed by atoms with Crippen molar-refractivity contribution in [1.29, 1.82) is 0 Å². The monoisotopic (exact) mass is 375 g/mol. The highest BCUT2D eigenvalue weighted by atomic mass is 32.1. The van der Waals surface area contributed by atoms with Crippen LogP contribution in [0.4, 0.5) is 0 Å². The Balaban J connectivity index is 1.69. The second kappa shape index (κ2) is 8.60. The molecule has 1 aromatic carbocycles. The third kappa shape index (κ3) is 4.22. The van der Waals surface area contributed by atoms with E-state index in [1.165, 1.54) is 4.57 Å². The third-order valence-corrected chi connectivity index (χ3v) is 5.51. The number of carbonyl (C=O) groups excluding carboxylic acids is 1. The maximum absolute atomic E-state index is 12.6. The van der Waals surface area contributed by atoms with Crippen LogP contribution in [0, 0.1) is 10.7 Å². The molecule has 0 radical (unpaired) electrons. The summed E-state index contributed by atoms with van der Waals surface area (Å²) in [5, 5.41) is 13.2. The van der Waals surface area contributed by atoms with Gasteiger partial charge < -0.3 is 15.4 Å². The van der Waals surface area contributed by atoms with Gasteiger partial charge in [0.15, 0.2) is 4.77 Å². The third-order valence-electron chi connectivity index (χ3n) is 5.19. The number of nitrogens with one attached hydrogen (secondary N) is 2. The van der Waals surface area contributed by atoms with E-state index in [-0.39, 0.29) is 43.0 Å². The van der Waals surface area contributed by atoms with E-state index in [1.807, 2.05) is 12.1 Å². The molecule has 0 aliphatic heterocycles. The number of aromatic amines is 1. The molecule has 0 saturated heterocycles. The maximum Gasteiger partial charge on any atom is 0.262 e. The van der Waals surface area contributed by atoms with Gasteiger partial charge in [0.2, 0.25) is 5.91 Å². The average Bonchev–Trinajstić information content (AvgIpc) is 2.86. The van der Waals surface area contributed by atoms with Gasteiger partial charge in [-0.1, -0.05) is 31.4 Å². The average molecular weight is 375 g/mol. The van der Waals surface area contributed by atoms with Crippen LogP contribution in [-0.4, -0.2) is 33.2 Å². The van der Waals surface area contributed by atoms with Crippen molar-refractivity contribution in [2.75, 3.05) is 6.61 Å². The Morgan fingerprint density at radius 1 is 1.27 bits per heavy atom. The van der Waals surface area contributed by atoms with Gasteiger partial charge in [0.05, 0.1) is 10.9 Å². The van der Waals surface area contributed by atoms with Gasteiger partial charge in [-0.2, -0.15) is 0 Å². The molecule has 2 aromatic rings. The molecule has 140 valence electrons. The SMILES string of the molecule is O=C(CCn1c(=S)[nH]c2ccccc2c1=O)N[C@H]1CCCCC[C@@H]1CO. The van der Waals surface area contributed by atoms with Gasteiger partial charge in [-0.25, -0.2) is 0 Å². The van der Waals surface area contributed by atoms with Crippen molar-refractivity contribution < 1.29 is 9.90 Å². The number of rotatable bonds is 5. The first-order valence-electron chi connectivity index (χ1n) is 9.22. The quantitative estimate of drug-likeness (QED) is 0.554. The molecule has 1 aliphatic carbocycles. The summed E-state index contributed by atoms with van der Waals surface area (Å²) in [6.45, 7) is 0.335. The van der Waals surface area contributed by atoms with Crippen LogP contribution in [0.1, 0.15) is 38.5 Å². The number of nitrogens with zero attached hydrogens (tertiary/aromatic N) is 1. The summed E-state index contributed by atoms with van der Waals surface area (Å²) in [6, 6.07) is 7.22. The molecule has 0 unspecified atom stereocenters. The number of hydrogen-bond donors (Lipinski definition) is 3. The molecule has 1 saturated carbocycles. The molecule has 26 heavy (non-hydrogen) atoms. The molecule has 1 fully saturated rings. The van der Waals surface area contributed by atoms with Crippen molar-refractivity contribution in [1.82, 2.24) is 14.9 Å². The van der Waals surface area contributed by atoms with Gasteiger partial charge in [-0.15, -0.1) is 0 Å². The van der Waals surface area contributed by atoms with Crippen LogP contribution in [0.25, 0.3) is 10.9 Å². The van der Waals surface area contributed by atoms with Crippen LogP contribution in [0.5, 0.6) is 0 Å². The van der Waals surface area contributed by atoms with Crippen LogP contribution < -0.4 is 10.9 Å². The molecule has 3 rings (SSSR count). The van der Waals surface area contributed by atoms with Gasteiger partial charge in [-0.3, -0.25) is 14.2 Å². The second-order valence-electron chi connectivity index (χ2n) is 6.94. The Morgan fingerprint density at radius 3 is 2.85 bits per heavy atom. The van der Waals surface area contributed by atoms with Gasteiger partial charge in [0.25, 0.3) is 5.56 Å². The highest BCUT2D eigenvalue weighted by Crippen LogP contribution is 2.23. The number of fused-ring (bicyclic) bond motifs is 1. The standard InChI is InChI=1S/C19H25N3O3S/c23-12-13-6-2-1-3-8-15(13)20-17(24)10-11-22-18(25)14-7-4-5-9-16(14)21-19(22)26/h4-5,7,9,13,15,23H,1-3,6,8,10-12H2,(H,20,24)(H,21,26)/t13-,15+/m1/s1. The van der Waals surface area contributed by atoms with E-state index in [2.05, 4.69) is 10.3 Å². The van der Waals surface area contributed by atoms with Crippen molar-refractivity contribution in [3.05, 3.63) is 39.4 Å². The van der Waals surface area contributed by atoms with Crippen molar-refractivity contribution in [2.45, 2.75) is 51.1 Å². The number of para-hydroxylation sites is 1. The van der Waals surface area contributed by atoms with Crippen molar-refractivity contribution >= 4 is 29.0 Å². The number of aliphatic hydroxyl groups excluding tert-OH is 1. The molecule has 6 nitrogen and oxygen atoms in total. The number of aromatic nitrogens is 2. The lowest BCUT2D eigenvalue weighted by molar-refractivity contribution is -0.122. The first kappa shape index (κ1) is 18.8. The van der Waals surface area contributed by atoms with Crippen molar-refractivity contribution in [3.63, 3.8) is 0 Å². The molecule has 0 spiro atoms. The molecule has 7 heteroatoms. The minimum Gasteiger partial charge on any atom is -0.396 e. The predicted octanol–water partition coefficient (Wildman–Crippen LogP) is 2.51. The van der Waals surface area contributed by atoms with Crippen molar-refractivity contribution in [2.24, 2.45) is 5.92 Å². The van der Waals surface area contributed by atoms with Gasteiger partial charge in [-0.05, 0) is 37.2 Å². The predicted molar refractivity (Wildman–Crippen MR) is 104 cm³/mol. The summed E-state index contributed by atoms with van der Waals surface area (Å²) in [5.74, 6) is 0.0116. The zero-order chi connectivity index (χ0) is 18.5. The van der Waals surface area contributed by atoms with Crippen molar-refractivity contribution in [3.8, 4) is 0 Å². The van der Waals surface area contributed by atoms with E-state index >= 15 is 0 Å². The fourth-order valence-electron chi connectivity index (χ4n) is 3.69. The lowest BCUT2D eigenvalue weighted by Gasteiger charge is -2.24.